The number of carbonyl (C=O) groups is 2. The number of nitrogens with zero attached hydrogens (tertiary/aromatic N) is 2. The van der Waals surface area contributed by atoms with Gasteiger partial charge in [0.1, 0.15) is 0 Å². The normalized spacial score (nSPS) is 10.1. The Labute approximate surface area is 96.6 Å². The van der Waals surface area contributed by atoms with E-state index in [1.807, 2.05) is 6.26 Å². The topological polar surface area (TPSA) is 83.6 Å². The number of rotatable bonds is 5. The first-order chi connectivity index (χ1) is 7.56. The van der Waals surface area contributed by atoms with Crippen LogP contribution in [0.15, 0.2) is 10.6 Å². The third-order valence-corrected chi connectivity index (χ3v) is 2.51. The summed E-state index contributed by atoms with van der Waals surface area (Å²) in [6.45, 7) is 0.579. The number of carboxylic acid groups (broad SMARTS) is 1. The molecule has 88 valence electrons. The van der Waals surface area contributed by atoms with Crippen LogP contribution in [0, 0.1) is 0 Å². The van der Waals surface area contributed by atoms with Crippen molar-refractivity contribution in [3.63, 3.8) is 0 Å². The molecule has 0 unspecified atom stereocenters. The molecule has 0 aliphatic heterocycles. The third kappa shape index (κ3) is 2.99. The molecule has 0 radical (unpaired) electrons. The van der Waals surface area contributed by atoms with Gasteiger partial charge in [-0.1, -0.05) is 5.16 Å². The molecule has 1 aromatic rings. The van der Waals surface area contributed by atoms with Crippen molar-refractivity contribution in [3.05, 3.63) is 17.5 Å². The van der Waals surface area contributed by atoms with Gasteiger partial charge in [-0.05, 0) is 6.26 Å². The van der Waals surface area contributed by atoms with Gasteiger partial charge in [0.15, 0.2) is 5.69 Å². The SMILES string of the molecule is CSCCN(C)C(=O)c1cc(C(=O)O)on1. The Morgan fingerprint density at radius 2 is 2.31 bits per heavy atom. The van der Waals surface area contributed by atoms with Gasteiger partial charge in [0, 0.05) is 25.4 Å². The Balaban J connectivity index is 2.68. The van der Waals surface area contributed by atoms with E-state index in [4.69, 9.17) is 5.11 Å². The highest BCUT2D eigenvalue weighted by molar-refractivity contribution is 7.98. The van der Waals surface area contributed by atoms with Crippen LogP contribution in [0.5, 0.6) is 0 Å². The maximum atomic E-state index is 11.7. The Morgan fingerprint density at radius 1 is 1.62 bits per heavy atom. The zero-order chi connectivity index (χ0) is 12.1. The van der Waals surface area contributed by atoms with Crippen molar-refractivity contribution in [2.75, 3.05) is 25.6 Å². The minimum Gasteiger partial charge on any atom is -0.475 e. The second kappa shape index (κ2) is 5.55. The lowest BCUT2D eigenvalue weighted by atomic mass is 10.3. The zero-order valence-corrected chi connectivity index (χ0v) is 9.78. The van der Waals surface area contributed by atoms with E-state index >= 15 is 0 Å². The number of thioether (sulfide) groups is 1. The number of amides is 1. The molecule has 1 N–H and O–H groups in total. The van der Waals surface area contributed by atoms with E-state index < -0.39 is 5.97 Å². The summed E-state index contributed by atoms with van der Waals surface area (Å²) in [6, 6.07) is 1.13. The van der Waals surface area contributed by atoms with Crippen molar-refractivity contribution < 1.29 is 19.2 Å². The molecule has 1 heterocycles. The van der Waals surface area contributed by atoms with E-state index in [-0.39, 0.29) is 17.4 Å². The van der Waals surface area contributed by atoms with Crippen molar-refractivity contribution in [1.82, 2.24) is 10.1 Å². The minimum absolute atomic E-state index is 0.0148. The smallest absolute Gasteiger partial charge is 0.374 e. The van der Waals surface area contributed by atoms with Crippen LogP contribution in [0.2, 0.25) is 0 Å². The first kappa shape index (κ1) is 12.6. The first-order valence-corrected chi connectivity index (χ1v) is 5.90. The lowest BCUT2D eigenvalue weighted by Crippen LogP contribution is -2.29. The van der Waals surface area contributed by atoms with Crippen molar-refractivity contribution in [3.8, 4) is 0 Å². The average molecular weight is 244 g/mol. The van der Waals surface area contributed by atoms with Crippen LogP contribution in [0.3, 0.4) is 0 Å². The zero-order valence-electron chi connectivity index (χ0n) is 8.97. The molecule has 1 aromatic heterocycles. The highest BCUT2D eigenvalue weighted by Gasteiger charge is 2.19. The van der Waals surface area contributed by atoms with Crippen LogP contribution >= 0.6 is 11.8 Å². The minimum atomic E-state index is -1.24. The fourth-order valence-electron chi connectivity index (χ4n) is 1.00. The predicted molar refractivity (Wildman–Crippen MR) is 58.8 cm³/mol. The largest absolute Gasteiger partial charge is 0.475 e. The molecule has 16 heavy (non-hydrogen) atoms. The molecule has 0 bridgehead atoms. The summed E-state index contributed by atoms with van der Waals surface area (Å²) in [5.41, 5.74) is 0.0148. The molecular weight excluding hydrogens is 232 g/mol. The number of hydrogen-bond acceptors (Lipinski definition) is 5. The van der Waals surface area contributed by atoms with Crippen LogP contribution in [-0.2, 0) is 0 Å². The molecule has 0 aromatic carbocycles. The molecule has 1 amide bonds. The molecule has 0 atom stereocenters. The lowest BCUT2D eigenvalue weighted by Gasteiger charge is -2.14. The summed E-state index contributed by atoms with van der Waals surface area (Å²) < 4.78 is 4.50. The number of aromatic nitrogens is 1. The highest BCUT2D eigenvalue weighted by Crippen LogP contribution is 2.06. The van der Waals surface area contributed by atoms with E-state index in [9.17, 15) is 9.59 Å². The van der Waals surface area contributed by atoms with E-state index in [0.29, 0.717) is 6.54 Å². The third-order valence-electron chi connectivity index (χ3n) is 1.92. The van der Waals surface area contributed by atoms with Gasteiger partial charge >= 0.3 is 5.97 Å². The molecule has 0 aliphatic carbocycles. The van der Waals surface area contributed by atoms with Gasteiger partial charge in [-0.15, -0.1) is 0 Å². The van der Waals surface area contributed by atoms with Gasteiger partial charge < -0.3 is 14.5 Å². The number of hydrogen-bond donors (Lipinski definition) is 1. The quantitative estimate of drug-likeness (QED) is 0.825. The van der Waals surface area contributed by atoms with Crippen LogP contribution < -0.4 is 0 Å². The fourth-order valence-corrected chi connectivity index (χ4v) is 1.46. The predicted octanol–water partition coefficient (Wildman–Crippen LogP) is 0.808. The highest BCUT2D eigenvalue weighted by atomic mass is 32.2. The Bertz CT molecular complexity index is 391. The second-order valence-electron chi connectivity index (χ2n) is 3.10. The van der Waals surface area contributed by atoms with Crippen LogP contribution in [0.25, 0.3) is 0 Å². The standard InChI is InChI=1S/C9H12N2O4S/c1-11(3-4-16-2)8(12)6-5-7(9(13)14)15-10-6/h5H,3-4H2,1-2H3,(H,13,14). The molecule has 0 fully saturated rings. The molecule has 6 nitrogen and oxygen atoms in total. The summed E-state index contributed by atoms with van der Waals surface area (Å²) in [4.78, 5) is 23.7. The van der Waals surface area contributed by atoms with Gasteiger partial charge in [0.2, 0.25) is 5.76 Å². The van der Waals surface area contributed by atoms with Crippen molar-refractivity contribution >= 4 is 23.6 Å². The van der Waals surface area contributed by atoms with Crippen LogP contribution in [0.4, 0.5) is 0 Å². The van der Waals surface area contributed by atoms with E-state index in [1.165, 1.54) is 4.90 Å². The second-order valence-corrected chi connectivity index (χ2v) is 4.09. The van der Waals surface area contributed by atoms with Crippen LogP contribution in [-0.4, -0.2) is 52.6 Å². The maximum absolute atomic E-state index is 11.7. The molecule has 0 saturated heterocycles. The molecule has 0 aliphatic rings. The lowest BCUT2D eigenvalue weighted by molar-refractivity contribution is 0.0649. The molecule has 7 heteroatoms. The van der Waals surface area contributed by atoms with Crippen LogP contribution in [0.1, 0.15) is 21.0 Å². The monoisotopic (exact) mass is 244 g/mol. The number of carboxylic acids is 1. The van der Waals surface area contributed by atoms with Crippen molar-refractivity contribution in [2.24, 2.45) is 0 Å². The van der Waals surface area contributed by atoms with Gasteiger partial charge in [0.25, 0.3) is 5.91 Å². The molecule has 0 spiro atoms. The summed E-state index contributed by atoms with van der Waals surface area (Å²) in [7, 11) is 1.63. The molecule has 1 rings (SSSR count). The van der Waals surface area contributed by atoms with Gasteiger partial charge in [0.05, 0.1) is 0 Å². The molecular formula is C9H12N2O4S. The first-order valence-electron chi connectivity index (χ1n) is 4.50. The number of aromatic carboxylic acids is 1. The van der Waals surface area contributed by atoms with E-state index in [0.717, 1.165) is 11.8 Å². The Kier molecular flexibility index (Phi) is 4.36. The Morgan fingerprint density at radius 3 is 2.81 bits per heavy atom. The van der Waals surface area contributed by atoms with E-state index in [2.05, 4.69) is 9.68 Å². The number of carbonyl (C=O) groups excluding carboxylic acids is 1. The van der Waals surface area contributed by atoms with Crippen molar-refractivity contribution in [2.45, 2.75) is 0 Å². The summed E-state index contributed by atoms with van der Waals surface area (Å²) >= 11 is 1.62. The van der Waals surface area contributed by atoms with Gasteiger partial charge in [-0.2, -0.15) is 11.8 Å². The van der Waals surface area contributed by atoms with E-state index in [1.54, 1.807) is 18.8 Å². The summed E-state index contributed by atoms with van der Waals surface area (Å²) in [5.74, 6) is -1.10. The van der Waals surface area contributed by atoms with Gasteiger partial charge in [-0.25, -0.2) is 4.79 Å². The average Bonchev–Trinajstić information content (AvgIpc) is 2.74. The maximum Gasteiger partial charge on any atom is 0.374 e. The molecule has 0 saturated carbocycles. The Hall–Kier alpha value is -1.50. The summed E-state index contributed by atoms with van der Waals surface area (Å²) in [6.07, 6.45) is 1.94. The summed E-state index contributed by atoms with van der Waals surface area (Å²) in [5, 5.41) is 12.0. The van der Waals surface area contributed by atoms with Gasteiger partial charge in [-0.3, -0.25) is 4.79 Å². The fraction of sp³-hybridized carbons (Fsp3) is 0.444. The van der Waals surface area contributed by atoms with Crippen molar-refractivity contribution in [1.29, 1.82) is 0 Å².